The van der Waals surface area contributed by atoms with Gasteiger partial charge in [-0.05, 0) is 61.5 Å². The second-order valence-corrected chi connectivity index (χ2v) is 6.76. The van der Waals surface area contributed by atoms with Crippen molar-refractivity contribution < 1.29 is 8.42 Å². The topological polar surface area (TPSA) is 58.2 Å². The van der Waals surface area contributed by atoms with E-state index in [2.05, 4.69) is 10.0 Å². The van der Waals surface area contributed by atoms with E-state index < -0.39 is 10.0 Å². The average Bonchev–Trinajstić information content (AvgIpc) is 2.43. The minimum atomic E-state index is -3.65. The van der Waals surface area contributed by atoms with Gasteiger partial charge in [-0.15, -0.1) is 0 Å². The van der Waals surface area contributed by atoms with Crippen molar-refractivity contribution >= 4 is 33.0 Å². The van der Waals surface area contributed by atoms with E-state index in [1.54, 1.807) is 18.2 Å². The second-order valence-electron chi connectivity index (χ2n) is 4.67. The number of thiocarbonyl (C=S) groups is 1. The van der Waals surface area contributed by atoms with Crippen LogP contribution in [0.1, 0.15) is 11.1 Å². The van der Waals surface area contributed by atoms with Crippen LogP contribution in [-0.2, 0) is 10.0 Å². The Labute approximate surface area is 130 Å². The van der Waals surface area contributed by atoms with Crippen molar-refractivity contribution in [3.8, 4) is 0 Å². The lowest BCUT2D eigenvalue weighted by molar-refractivity contribution is 0.593. The van der Waals surface area contributed by atoms with Gasteiger partial charge in [0, 0.05) is 5.69 Å². The molecule has 21 heavy (non-hydrogen) atoms. The van der Waals surface area contributed by atoms with Gasteiger partial charge in [0.1, 0.15) is 0 Å². The van der Waals surface area contributed by atoms with Crippen molar-refractivity contribution in [1.29, 1.82) is 0 Å². The molecule has 2 rings (SSSR count). The summed E-state index contributed by atoms with van der Waals surface area (Å²) in [6.07, 6.45) is 0. The molecule has 0 heterocycles. The summed E-state index contributed by atoms with van der Waals surface area (Å²) >= 11 is 5.06. The summed E-state index contributed by atoms with van der Waals surface area (Å²) in [5.74, 6) is 0. The largest absolute Gasteiger partial charge is 0.332 e. The molecule has 0 bridgehead atoms. The van der Waals surface area contributed by atoms with Gasteiger partial charge in [0.15, 0.2) is 5.11 Å². The highest BCUT2D eigenvalue weighted by molar-refractivity contribution is 7.92. The number of rotatable bonds is 3. The highest BCUT2D eigenvalue weighted by atomic mass is 32.2. The molecule has 2 aromatic carbocycles. The normalized spacial score (nSPS) is 11.0. The Balaban J connectivity index is 2.10. The van der Waals surface area contributed by atoms with E-state index >= 15 is 0 Å². The Kier molecular flexibility index (Phi) is 4.59. The fourth-order valence-electron chi connectivity index (χ4n) is 1.76. The summed E-state index contributed by atoms with van der Waals surface area (Å²) in [5, 5.41) is 2.92. The van der Waals surface area contributed by atoms with Crippen LogP contribution < -0.4 is 10.0 Å². The number of hydrogen-bond donors (Lipinski definition) is 2. The van der Waals surface area contributed by atoms with Gasteiger partial charge in [0.25, 0.3) is 10.0 Å². The minimum absolute atomic E-state index is 0.0436. The maximum atomic E-state index is 12.1. The molecule has 0 aliphatic carbocycles. The van der Waals surface area contributed by atoms with Crippen LogP contribution in [0.2, 0.25) is 0 Å². The number of sulfonamides is 1. The third-order valence-corrected chi connectivity index (χ3v) is 4.74. The van der Waals surface area contributed by atoms with Crippen LogP contribution in [0.15, 0.2) is 53.4 Å². The van der Waals surface area contributed by atoms with Crippen LogP contribution in [0.4, 0.5) is 5.69 Å². The number of nitrogens with one attached hydrogen (secondary N) is 2. The van der Waals surface area contributed by atoms with Crippen LogP contribution in [0.3, 0.4) is 0 Å². The van der Waals surface area contributed by atoms with Gasteiger partial charge < -0.3 is 5.32 Å². The van der Waals surface area contributed by atoms with Crippen LogP contribution in [0, 0.1) is 13.8 Å². The van der Waals surface area contributed by atoms with E-state index in [9.17, 15) is 8.42 Å². The standard InChI is InChI=1S/C15H16N2O2S2/c1-11-8-9-13(10-12(11)2)16-15(20)17-21(18,19)14-6-4-3-5-7-14/h3-10H,1-2H3,(H2,16,17,20). The Morgan fingerprint density at radius 1 is 1.00 bits per heavy atom. The molecule has 4 nitrogen and oxygen atoms in total. The van der Waals surface area contributed by atoms with E-state index in [-0.39, 0.29) is 10.0 Å². The molecule has 0 saturated heterocycles. The summed E-state index contributed by atoms with van der Waals surface area (Å²) in [5.41, 5.74) is 3.02. The Hall–Kier alpha value is -1.92. The lowest BCUT2D eigenvalue weighted by atomic mass is 10.1. The fraction of sp³-hybridized carbons (Fsp3) is 0.133. The molecule has 0 aliphatic rings. The maximum Gasteiger partial charge on any atom is 0.263 e. The molecule has 0 unspecified atom stereocenters. The molecule has 0 aliphatic heterocycles. The lowest BCUT2D eigenvalue weighted by Crippen LogP contribution is -2.34. The lowest BCUT2D eigenvalue weighted by Gasteiger charge is -2.12. The number of anilines is 1. The van der Waals surface area contributed by atoms with Crippen LogP contribution in [0.5, 0.6) is 0 Å². The zero-order valence-electron chi connectivity index (χ0n) is 11.8. The molecule has 0 fully saturated rings. The molecule has 110 valence electrons. The van der Waals surface area contributed by atoms with Crippen molar-refractivity contribution in [3.63, 3.8) is 0 Å². The van der Waals surface area contributed by atoms with E-state index in [1.165, 1.54) is 12.1 Å². The van der Waals surface area contributed by atoms with Crippen LogP contribution in [-0.4, -0.2) is 13.5 Å². The first-order valence-electron chi connectivity index (χ1n) is 6.34. The number of hydrogen-bond acceptors (Lipinski definition) is 3. The quantitative estimate of drug-likeness (QED) is 0.854. The first-order valence-corrected chi connectivity index (χ1v) is 8.24. The molecule has 0 saturated carbocycles. The van der Waals surface area contributed by atoms with Crippen molar-refractivity contribution in [2.24, 2.45) is 0 Å². The molecule has 0 atom stereocenters. The fourth-order valence-corrected chi connectivity index (χ4v) is 3.13. The van der Waals surface area contributed by atoms with Crippen molar-refractivity contribution in [2.45, 2.75) is 18.7 Å². The number of aryl methyl sites for hydroxylation is 2. The summed E-state index contributed by atoms with van der Waals surface area (Å²) in [4.78, 5) is 0.175. The average molecular weight is 320 g/mol. The van der Waals surface area contributed by atoms with Gasteiger partial charge in [0.05, 0.1) is 4.90 Å². The molecule has 2 aromatic rings. The molecular weight excluding hydrogens is 304 g/mol. The Bertz CT molecular complexity index is 756. The summed E-state index contributed by atoms with van der Waals surface area (Å²) in [7, 11) is -3.65. The Morgan fingerprint density at radius 2 is 1.67 bits per heavy atom. The highest BCUT2D eigenvalue weighted by Gasteiger charge is 2.14. The van der Waals surface area contributed by atoms with Crippen LogP contribution >= 0.6 is 12.2 Å². The highest BCUT2D eigenvalue weighted by Crippen LogP contribution is 2.14. The van der Waals surface area contributed by atoms with E-state index in [0.29, 0.717) is 0 Å². The first kappa shape index (κ1) is 15.5. The molecule has 0 spiro atoms. The molecule has 0 radical (unpaired) electrons. The number of benzene rings is 2. The SMILES string of the molecule is Cc1ccc(NC(=S)NS(=O)(=O)c2ccccc2)cc1C. The van der Waals surface area contributed by atoms with E-state index in [0.717, 1.165) is 16.8 Å². The predicted octanol–water partition coefficient (Wildman–Crippen LogP) is 2.98. The van der Waals surface area contributed by atoms with Gasteiger partial charge in [-0.2, -0.15) is 0 Å². The minimum Gasteiger partial charge on any atom is -0.332 e. The zero-order valence-corrected chi connectivity index (χ0v) is 13.4. The van der Waals surface area contributed by atoms with Gasteiger partial charge >= 0.3 is 0 Å². The zero-order chi connectivity index (χ0) is 15.5. The van der Waals surface area contributed by atoms with E-state index in [1.807, 2.05) is 32.0 Å². The third-order valence-electron chi connectivity index (χ3n) is 3.05. The van der Waals surface area contributed by atoms with Gasteiger partial charge in [-0.3, -0.25) is 4.72 Å². The maximum absolute atomic E-state index is 12.1. The van der Waals surface area contributed by atoms with Gasteiger partial charge in [-0.1, -0.05) is 24.3 Å². The molecule has 2 N–H and O–H groups in total. The first-order chi connectivity index (χ1) is 9.88. The summed E-state index contributed by atoms with van der Waals surface area (Å²) in [6, 6.07) is 13.8. The van der Waals surface area contributed by atoms with Crippen LogP contribution in [0.25, 0.3) is 0 Å². The smallest absolute Gasteiger partial charge is 0.263 e. The third kappa shape index (κ3) is 4.03. The molecular formula is C15H16N2O2S2. The van der Waals surface area contributed by atoms with Crippen molar-refractivity contribution in [2.75, 3.05) is 5.32 Å². The second kappa shape index (κ2) is 6.24. The van der Waals surface area contributed by atoms with Gasteiger partial charge in [-0.25, -0.2) is 8.42 Å². The summed E-state index contributed by atoms with van der Waals surface area (Å²) in [6.45, 7) is 3.99. The summed E-state index contributed by atoms with van der Waals surface area (Å²) < 4.78 is 26.6. The Morgan fingerprint density at radius 3 is 2.29 bits per heavy atom. The predicted molar refractivity (Wildman–Crippen MR) is 88.9 cm³/mol. The molecule has 0 amide bonds. The molecule has 0 aromatic heterocycles. The van der Waals surface area contributed by atoms with Gasteiger partial charge in [0.2, 0.25) is 0 Å². The van der Waals surface area contributed by atoms with E-state index in [4.69, 9.17) is 12.2 Å². The van der Waals surface area contributed by atoms with Crippen molar-refractivity contribution in [3.05, 3.63) is 59.7 Å². The monoisotopic (exact) mass is 320 g/mol. The van der Waals surface area contributed by atoms with Crippen molar-refractivity contribution in [1.82, 2.24) is 4.72 Å². The molecule has 6 heteroatoms.